The second-order valence-corrected chi connectivity index (χ2v) is 7.53. The van der Waals surface area contributed by atoms with Crippen molar-refractivity contribution >= 4 is 34.1 Å². The molecule has 4 aromatic rings. The van der Waals surface area contributed by atoms with Crippen molar-refractivity contribution in [3.8, 4) is 11.1 Å². The number of fused-ring (bicyclic) bond motifs is 1. The van der Waals surface area contributed by atoms with Gasteiger partial charge in [-0.2, -0.15) is 0 Å². The quantitative estimate of drug-likeness (QED) is 0.469. The van der Waals surface area contributed by atoms with Gasteiger partial charge in [0.05, 0.1) is 17.6 Å². The number of pyridine rings is 1. The van der Waals surface area contributed by atoms with Gasteiger partial charge in [0.25, 0.3) is 5.56 Å². The molecule has 4 rings (SSSR count). The Balaban J connectivity index is 1.86. The van der Waals surface area contributed by atoms with E-state index in [9.17, 15) is 18.4 Å². The number of nitrogens with zero attached hydrogens (tertiary/aromatic N) is 1. The Morgan fingerprint density at radius 2 is 1.77 bits per heavy atom. The predicted molar refractivity (Wildman–Crippen MR) is 118 cm³/mol. The molecule has 7 heteroatoms. The van der Waals surface area contributed by atoms with Gasteiger partial charge in [-0.1, -0.05) is 41.9 Å². The summed E-state index contributed by atoms with van der Waals surface area (Å²) in [5.74, 6) is -2.24. The number of hydrogen-bond donors (Lipinski definition) is 1. The van der Waals surface area contributed by atoms with E-state index in [-0.39, 0.29) is 23.2 Å². The highest BCUT2D eigenvalue weighted by atomic mass is 35.5. The average molecular weight is 439 g/mol. The summed E-state index contributed by atoms with van der Waals surface area (Å²) in [4.78, 5) is 25.9. The number of carbonyl (C=O) groups is 1. The maximum atomic E-state index is 14.0. The van der Waals surface area contributed by atoms with E-state index in [1.54, 1.807) is 25.2 Å². The highest BCUT2D eigenvalue weighted by molar-refractivity contribution is 6.31. The molecule has 1 aromatic heterocycles. The van der Waals surface area contributed by atoms with Crippen LogP contribution < -0.4 is 10.9 Å². The van der Waals surface area contributed by atoms with E-state index in [2.05, 4.69) is 5.32 Å². The van der Waals surface area contributed by atoms with Gasteiger partial charge in [-0.3, -0.25) is 9.59 Å². The summed E-state index contributed by atoms with van der Waals surface area (Å²) in [6.07, 6.45) is -0.295. The predicted octanol–water partition coefficient (Wildman–Crippen LogP) is 5.32. The van der Waals surface area contributed by atoms with E-state index in [1.807, 2.05) is 30.3 Å². The minimum atomic E-state index is -0.894. The van der Waals surface area contributed by atoms with Crippen LogP contribution in [0.4, 0.5) is 14.5 Å². The standard InChI is InChI=1S/C24H17ClF2N2O2/c1-29-21-10-7-15(25)11-17(21)23(14-5-3-2-4-6-14)18(24(29)31)13-22(30)28-20-9-8-16(26)12-19(20)27/h2-12H,13H2,1H3,(H,28,30). The van der Waals surface area contributed by atoms with Gasteiger partial charge in [0.1, 0.15) is 11.6 Å². The summed E-state index contributed by atoms with van der Waals surface area (Å²) in [7, 11) is 1.62. The summed E-state index contributed by atoms with van der Waals surface area (Å²) in [5.41, 5.74) is 1.77. The molecular formula is C24H17ClF2N2O2. The Morgan fingerprint density at radius 1 is 1.03 bits per heavy atom. The molecule has 0 aliphatic carbocycles. The van der Waals surface area contributed by atoms with Crippen LogP contribution in [0, 0.1) is 11.6 Å². The lowest BCUT2D eigenvalue weighted by atomic mass is 9.94. The first kappa shape index (κ1) is 20.8. The van der Waals surface area contributed by atoms with Crippen molar-refractivity contribution in [3.05, 3.63) is 99.3 Å². The fourth-order valence-electron chi connectivity index (χ4n) is 3.63. The Labute approximate surface area is 181 Å². The van der Waals surface area contributed by atoms with Crippen molar-refractivity contribution in [2.24, 2.45) is 7.05 Å². The van der Waals surface area contributed by atoms with E-state index in [0.29, 0.717) is 22.2 Å². The molecule has 0 bridgehead atoms. The first-order chi connectivity index (χ1) is 14.8. The highest BCUT2D eigenvalue weighted by Crippen LogP contribution is 2.32. The van der Waals surface area contributed by atoms with Crippen LogP contribution in [-0.4, -0.2) is 10.5 Å². The SMILES string of the molecule is Cn1c(=O)c(CC(=O)Nc2ccc(F)cc2F)c(-c2ccccc2)c2cc(Cl)ccc21. The molecule has 0 aliphatic rings. The van der Waals surface area contributed by atoms with E-state index >= 15 is 0 Å². The van der Waals surface area contributed by atoms with Crippen molar-refractivity contribution in [1.82, 2.24) is 4.57 Å². The van der Waals surface area contributed by atoms with E-state index in [4.69, 9.17) is 11.6 Å². The number of aromatic nitrogens is 1. The molecule has 1 N–H and O–H groups in total. The second kappa shape index (κ2) is 8.32. The zero-order valence-electron chi connectivity index (χ0n) is 16.5. The maximum Gasteiger partial charge on any atom is 0.255 e. The fourth-order valence-corrected chi connectivity index (χ4v) is 3.80. The Hall–Kier alpha value is -3.51. The lowest BCUT2D eigenvalue weighted by Crippen LogP contribution is -2.27. The Morgan fingerprint density at radius 3 is 2.48 bits per heavy atom. The van der Waals surface area contributed by atoms with Gasteiger partial charge in [0, 0.05) is 34.6 Å². The van der Waals surface area contributed by atoms with Crippen molar-refractivity contribution < 1.29 is 13.6 Å². The largest absolute Gasteiger partial charge is 0.323 e. The first-order valence-corrected chi connectivity index (χ1v) is 9.84. The van der Waals surface area contributed by atoms with Crippen LogP contribution in [0.3, 0.4) is 0 Å². The molecule has 0 saturated carbocycles. The molecule has 0 saturated heterocycles. The zero-order valence-corrected chi connectivity index (χ0v) is 17.2. The molecule has 156 valence electrons. The summed E-state index contributed by atoms with van der Waals surface area (Å²) in [6.45, 7) is 0. The van der Waals surface area contributed by atoms with Crippen LogP contribution in [0.15, 0.2) is 71.5 Å². The summed E-state index contributed by atoms with van der Waals surface area (Å²) >= 11 is 6.23. The first-order valence-electron chi connectivity index (χ1n) is 9.46. The molecule has 31 heavy (non-hydrogen) atoms. The van der Waals surface area contributed by atoms with Crippen molar-refractivity contribution in [2.75, 3.05) is 5.32 Å². The number of nitrogens with one attached hydrogen (secondary N) is 1. The number of amides is 1. The number of rotatable bonds is 4. The number of anilines is 1. The molecule has 3 aromatic carbocycles. The van der Waals surface area contributed by atoms with Gasteiger partial charge in [-0.05, 0) is 35.9 Å². The van der Waals surface area contributed by atoms with Crippen LogP contribution in [0.1, 0.15) is 5.56 Å². The number of halogens is 3. The molecule has 0 fully saturated rings. The van der Waals surface area contributed by atoms with Crippen LogP contribution in [0.5, 0.6) is 0 Å². The van der Waals surface area contributed by atoms with Gasteiger partial charge in [-0.25, -0.2) is 8.78 Å². The van der Waals surface area contributed by atoms with Crippen LogP contribution >= 0.6 is 11.6 Å². The topological polar surface area (TPSA) is 51.1 Å². The van der Waals surface area contributed by atoms with Crippen LogP contribution in [-0.2, 0) is 18.3 Å². The molecule has 1 amide bonds. The summed E-state index contributed by atoms with van der Waals surface area (Å²) in [6, 6.07) is 17.3. The molecule has 1 heterocycles. The fraction of sp³-hybridized carbons (Fsp3) is 0.0833. The molecule has 0 spiro atoms. The van der Waals surface area contributed by atoms with Crippen LogP contribution in [0.2, 0.25) is 5.02 Å². The van der Waals surface area contributed by atoms with Crippen LogP contribution in [0.25, 0.3) is 22.0 Å². The lowest BCUT2D eigenvalue weighted by molar-refractivity contribution is -0.115. The molecule has 0 aliphatic heterocycles. The molecule has 0 unspecified atom stereocenters. The number of benzene rings is 3. The number of carbonyl (C=O) groups excluding carboxylic acids is 1. The van der Waals surface area contributed by atoms with Crippen molar-refractivity contribution in [3.63, 3.8) is 0 Å². The van der Waals surface area contributed by atoms with Gasteiger partial charge in [0.15, 0.2) is 0 Å². The van der Waals surface area contributed by atoms with Gasteiger partial charge in [-0.15, -0.1) is 0 Å². The third-order valence-electron chi connectivity index (χ3n) is 5.06. The Kier molecular flexibility index (Phi) is 5.57. The molecular weight excluding hydrogens is 422 g/mol. The van der Waals surface area contributed by atoms with E-state index in [0.717, 1.165) is 23.1 Å². The highest BCUT2D eigenvalue weighted by Gasteiger charge is 2.20. The smallest absolute Gasteiger partial charge is 0.255 e. The minimum absolute atomic E-state index is 0.159. The Bertz CT molecular complexity index is 1370. The summed E-state index contributed by atoms with van der Waals surface area (Å²) in [5, 5.41) is 3.63. The third-order valence-corrected chi connectivity index (χ3v) is 5.29. The second-order valence-electron chi connectivity index (χ2n) is 7.09. The normalized spacial score (nSPS) is 11.0. The van der Waals surface area contributed by atoms with Crippen molar-refractivity contribution in [1.29, 1.82) is 0 Å². The van der Waals surface area contributed by atoms with E-state index < -0.39 is 17.5 Å². The van der Waals surface area contributed by atoms with Crippen molar-refractivity contribution in [2.45, 2.75) is 6.42 Å². The maximum absolute atomic E-state index is 14.0. The monoisotopic (exact) mass is 438 g/mol. The zero-order chi connectivity index (χ0) is 22.1. The molecule has 0 atom stereocenters. The number of hydrogen-bond acceptors (Lipinski definition) is 2. The average Bonchev–Trinajstić information content (AvgIpc) is 2.74. The van der Waals surface area contributed by atoms with E-state index in [1.165, 1.54) is 4.57 Å². The van der Waals surface area contributed by atoms with Gasteiger partial charge >= 0.3 is 0 Å². The minimum Gasteiger partial charge on any atom is -0.323 e. The third kappa shape index (κ3) is 4.07. The lowest BCUT2D eigenvalue weighted by Gasteiger charge is -2.16. The summed E-state index contributed by atoms with van der Waals surface area (Å²) < 4.78 is 28.6. The number of aryl methyl sites for hydroxylation is 1. The molecule has 4 nitrogen and oxygen atoms in total. The van der Waals surface area contributed by atoms with Gasteiger partial charge in [0.2, 0.25) is 5.91 Å². The molecule has 0 radical (unpaired) electrons. The van der Waals surface area contributed by atoms with Gasteiger partial charge < -0.3 is 9.88 Å².